The summed E-state index contributed by atoms with van der Waals surface area (Å²) < 4.78 is 12.5. The molecule has 5 nitrogen and oxygen atoms in total. The highest BCUT2D eigenvalue weighted by Crippen LogP contribution is 2.24. The van der Waals surface area contributed by atoms with E-state index in [9.17, 15) is 4.79 Å². The Labute approximate surface area is 194 Å². The molecule has 0 amide bonds. The fourth-order valence-electron chi connectivity index (χ4n) is 3.55. The fourth-order valence-corrected chi connectivity index (χ4v) is 4.39. The zero-order valence-electron chi connectivity index (χ0n) is 21.2. The van der Waals surface area contributed by atoms with Crippen LogP contribution in [0.15, 0.2) is 5.38 Å². The van der Waals surface area contributed by atoms with E-state index in [1.165, 1.54) is 5.01 Å². The average molecular weight is 455 g/mol. The highest BCUT2D eigenvalue weighted by atomic mass is 32.1. The lowest BCUT2D eigenvalue weighted by Crippen LogP contribution is -2.33. The van der Waals surface area contributed by atoms with Gasteiger partial charge in [0.1, 0.15) is 5.78 Å². The van der Waals surface area contributed by atoms with Gasteiger partial charge in [-0.2, -0.15) is 0 Å². The first kappa shape index (κ1) is 28.2. The molecule has 2 atom stereocenters. The molecule has 0 aliphatic rings. The molecule has 0 aromatic carbocycles. The highest BCUT2D eigenvalue weighted by Gasteiger charge is 2.25. The number of nitrogens with one attached hydrogen (secondary N) is 1. The van der Waals surface area contributed by atoms with Crippen molar-refractivity contribution in [3.05, 3.63) is 16.1 Å². The van der Waals surface area contributed by atoms with Crippen molar-refractivity contribution in [3.8, 4) is 0 Å². The standard InChI is InChI=1S/C25H46N2O3S/c1-19(21(3)28)12-13-20(2)30-25(6,7)15-16-29-24(4,5)14-10-9-11-23-27-22(17-26-8)18-31-23/h18-20,26H,9-17H2,1-8H3. The van der Waals surface area contributed by atoms with Crippen LogP contribution in [0.5, 0.6) is 0 Å². The molecular weight excluding hydrogens is 408 g/mol. The van der Waals surface area contributed by atoms with Crippen molar-refractivity contribution in [1.29, 1.82) is 0 Å². The number of hydrogen-bond acceptors (Lipinski definition) is 6. The monoisotopic (exact) mass is 454 g/mol. The van der Waals surface area contributed by atoms with Crippen LogP contribution in [0.1, 0.15) is 97.7 Å². The summed E-state index contributed by atoms with van der Waals surface area (Å²) in [6.45, 7) is 15.9. The van der Waals surface area contributed by atoms with Crippen LogP contribution in [0, 0.1) is 5.92 Å². The maximum absolute atomic E-state index is 11.4. The Morgan fingerprint density at radius 1 is 1.13 bits per heavy atom. The Balaban J connectivity index is 2.24. The number of carbonyl (C=O) groups excluding carboxylic acids is 1. The van der Waals surface area contributed by atoms with Gasteiger partial charge in [-0.25, -0.2) is 4.98 Å². The van der Waals surface area contributed by atoms with Gasteiger partial charge in [-0.1, -0.05) is 13.3 Å². The molecule has 0 bridgehead atoms. The number of aryl methyl sites for hydroxylation is 1. The van der Waals surface area contributed by atoms with Crippen LogP contribution in [-0.2, 0) is 27.2 Å². The molecule has 1 N–H and O–H groups in total. The molecule has 1 aromatic heterocycles. The normalized spacial score (nSPS) is 14.6. The lowest BCUT2D eigenvalue weighted by molar-refractivity contribution is -0.121. The molecule has 1 rings (SSSR count). The van der Waals surface area contributed by atoms with Crippen molar-refractivity contribution < 1.29 is 14.3 Å². The minimum absolute atomic E-state index is 0.115. The molecule has 180 valence electrons. The number of rotatable bonds is 17. The molecule has 1 heterocycles. The first-order valence-electron chi connectivity index (χ1n) is 11.8. The van der Waals surface area contributed by atoms with E-state index >= 15 is 0 Å². The van der Waals surface area contributed by atoms with E-state index in [0.717, 1.165) is 57.2 Å². The van der Waals surface area contributed by atoms with Crippen molar-refractivity contribution in [2.75, 3.05) is 13.7 Å². The number of Topliss-reactive ketones (excluding diaryl/α,β-unsaturated/α-hetero) is 1. The van der Waals surface area contributed by atoms with Crippen molar-refractivity contribution in [2.24, 2.45) is 5.92 Å². The number of aromatic nitrogens is 1. The maximum Gasteiger partial charge on any atom is 0.132 e. The molecule has 0 spiro atoms. The van der Waals surface area contributed by atoms with Gasteiger partial charge in [-0.05, 0) is 87.1 Å². The van der Waals surface area contributed by atoms with Crippen LogP contribution in [0.4, 0.5) is 0 Å². The van der Waals surface area contributed by atoms with Gasteiger partial charge >= 0.3 is 0 Å². The fraction of sp³-hybridized carbons (Fsp3) is 0.840. The van der Waals surface area contributed by atoms with Gasteiger partial charge < -0.3 is 14.8 Å². The van der Waals surface area contributed by atoms with Crippen LogP contribution in [0.2, 0.25) is 0 Å². The minimum atomic E-state index is -0.231. The van der Waals surface area contributed by atoms with Crippen LogP contribution in [-0.4, -0.2) is 41.7 Å². The summed E-state index contributed by atoms with van der Waals surface area (Å²) in [5.74, 6) is 0.372. The van der Waals surface area contributed by atoms with Crippen LogP contribution in [0.3, 0.4) is 0 Å². The molecule has 0 aliphatic heterocycles. The Morgan fingerprint density at radius 2 is 1.84 bits per heavy atom. The molecule has 0 saturated heterocycles. The number of hydrogen-bond donors (Lipinski definition) is 1. The van der Waals surface area contributed by atoms with Gasteiger partial charge in [0, 0.05) is 17.8 Å². The van der Waals surface area contributed by atoms with Crippen LogP contribution in [0.25, 0.3) is 0 Å². The predicted octanol–water partition coefficient (Wildman–Crippen LogP) is 5.95. The quantitative estimate of drug-likeness (QED) is 0.295. The van der Waals surface area contributed by atoms with Crippen LogP contribution < -0.4 is 5.32 Å². The lowest BCUT2D eigenvalue weighted by Gasteiger charge is -2.32. The third-order valence-electron chi connectivity index (χ3n) is 5.79. The van der Waals surface area contributed by atoms with Gasteiger partial charge in [-0.15, -0.1) is 11.3 Å². The summed E-state index contributed by atoms with van der Waals surface area (Å²) in [6, 6.07) is 0. The number of ketones is 1. The summed E-state index contributed by atoms with van der Waals surface area (Å²) in [7, 11) is 1.95. The molecular formula is C25H46N2O3S. The first-order valence-corrected chi connectivity index (χ1v) is 12.7. The van der Waals surface area contributed by atoms with Crippen molar-refractivity contribution in [2.45, 2.75) is 117 Å². The van der Waals surface area contributed by atoms with Gasteiger partial charge in [0.15, 0.2) is 0 Å². The van der Waals surface area contributed by atoms with E-state index in [1.54, 1.807) is 18.3 Å². The summed E-state index contributed by atoms with van der Waals surface area (Å²) >= 11 is 1.76. The molecule has 0 radical (unpaired) electrons. The largest absolute Gasteiger partial charge is 0.375 e. The molecule has 31 heavy (non-hydrogen) atoms. The average Bonchev–Trinajstić information content (AvgIpc) is 3.10. The number of nitrogens with zero attached hydrogens (tertiary/aromatic N) is 1. The molecule has 0 fully saturated rings. The summed E-state index contributed by atoms with van der Waals surface area (Å²) in [4.78, 5) is 16.1. The zero-order valence-corrected chi connectivity index (χ0v) is 22.0. The molecule has 2 unspecified atom stereocenters. The Morgan fingerprint density at radius 3 is 2.48 bits per heavy atom. The second kappa shape index (κ2) is 13.7. The second-order valence-corrected chi connectivity index (χ2v) is 11.0. The topological polar surface area (TPSA) is 60.5 Å². The number of unbranched alkanes of at least 4 members (excludes halogenated alkanes) is 1. The number of thiazole rings is 1. The number of carbonyl (C=O) groups is 1. The summed E-state index contributed by atoms with van der Waals surface area (Å²) in [5.41, 5.74) is 0.780. The molecule has 6 heteroatoms. The van der Waals surface area contributed by atoms with Gasteiger partial charge in [0.2, 0.25) is 0 Å². The molecule has 0 saturated carbocycles. The Hall–Kier alpha value is -0.820. The van der Waals surface area contributed by atoms with E-state index in [1.807, 2.05) is 14.0 Å². The lowest BCUT2D eigenvalue weighted by atomic mass is 9.98. The molecule has 1 aromatic rings. The maximum atomic E-state index is 11.4. The summed E-state index contributed by atoms with van der Waals surface area (Å²) in [5, 5.41) is 6.52. The predicted molar refractivity (Wildman–Crippen MR) is 131 cm³/mol. The minimum Gasteiger partial charge on any atom is -0.375 e. The van der Waals surface area contributed by atoms with E-state index in [4.69, 9.17) is 9.47 Å². The molecule has 0 aliphatic carbocycles. The van der Waals surface area contributed by atoms with Crippen molar-refractivity contribution in [1.82, 2.24) is 10.3 Å². The van der Waals surface area contributed by atoms with Crippen LogP contribution >= 0.6 is 11.3 Å². The Kier molecular flexibility index (Phi) is 12.4. The Bertz CT molecular complexity index is 642. The third-order valence-corrected chi connectivity index (χ3v) is 6.75. The zero-order chi connectivity index (χ0) is 23.5. The van der Waals surface area contributed by atoms with Gasteiger partial charge in [0.25, 0.3) is 0 Å². The van der Waals surface area contributed by atoms with E-state index < -0.39 is 0 Å². The van der Waals surface area contributed by atoms with Crippen molar-refractivity contribution in [3.63, 3.8) is 0 Å². The SMILES string of the molecule is CNCc1csc(CCCCC(C)(C)OCCC(C)(C)OC(C)CCC(C)C(C)=O)n1. The van der Waals surface area contributed by atoms with Crippen molar-refractivity contribution >= 4 is 17.1 Å². The smallest absolute Gasteiger partial charge is 0.132 e. The van der Waals surface area contributed by atoms with E-state index in [0.29, 0.717) is 6.61 Å². The highest BCUT2D eigenvalue weighted by molar-refractivity contribution is 7.09. The van der Waals surface area contributed by atoms with Gasteiger partial charge in [0.05, 0.1) is 34.6 Å². The van der Waals surface area contributed by atoms with E-state index in [2.05, 4.69) is 50.3 Å². The van der Waals surface area contributed by atoms with Gasteiger partial charge in [-0.3, -0.25) is 4.79 Å². The first-order chi connectivity index (χ1) is 14.4. The second-order valence-electron chi connectivity index (χ2n) is 10.1. The number of ether oxygens (including phenoxy) is 2. The third kappa shape index (κ3) is 12.7. The van der Waals surface area contributed by atoms with E-state index in [-0.39, 0.29) is 29.0 Å². The summed E-state index contributed by atoms with van der Waals surface area (Å²) in [6.07, 6.45) is 7.16.